The molecule has 0 bridgehead atoms. The predicted octanol–water partition coefficient (Wildman–Crippen LogP) is -1.63. The van der Waals surface area contributed by atoms with Crippen molar-refractivity contribution in [3.05, 3.63) is 0 Å². The molecule has 1 unspecified atom stereocenters. The topological polar surface area (TPSA) is 26.0 Å². The molecule has 0 spiro atoms. The molecule has 0 saturated heterocycles. The molecule has 2 N–H and O–H groups in total. The zero-order valence-corrected chi connectivity index (χ0v) is 8.80. The van der Waals surface area contributed by atoms with Gasteiger partial charge in [-0.15, -0.1) is 0 Å². The third-order valence-electron chi connectivity index (χ3n) is 0.732. The first kappa shape index (κ1) is 8.42. The summed E-state index contributed by atoms with van der Waals surface area (Å²) < 4.78 is 0.499. The van der Waals surface area contributed by atoms with Crippen molar-refractivity contribution >= 4 is 18.6 Å². The maximum absolute atomic E-state index is 5.66. The Balaban J connectivity index is 3.14. The van der Waals surface area contributed by atoms with Gasteiger partial charge in [-0.25, -0.2) is 0 Å². The van der Waals surface area contributed by atoms with Gasteiger partial charge in [-0.1, -0.05) is 0 Å². The third kappa shape index (κ3) is 3.96. The van der Waals surface area contributed by atoms with Crippen LogP contribution in [-0.4, -0.2) is 4.05 Å². The zero-order chi connectivity index (χ0) is 5.86. The molecule has 0 rings (SSSR count). The van der Waals surface area contributed by atoms with Gasteiger partial charge >= 0.3 is 65.4 Å². The fraction of sp³-hybridized carbons (Fsp3) is 1.00. The number of hydrogen-bond acceptors (Lipinski definition) is 1. The molecule has 0 fully saturated rings. The molecule has 0 aromatic carbocycles. The number of alkyl halides is 1. The summed E-state index contributed by atoms with van der Waals surface area (Å²) in [6, 6.07) is 0. The maximum atomic E-state index is 5.66. The van der Waals surface area contributed by atoms with E-state index in [9.17, 15) is 0 Å². The second-order valence-electron chi connectivity index (χ2n) is 1.77. The normalized spacial score (nSPS) is 15.6. The van der Waals surface area contributed by atoms with Crippen LogP contribution < -0.4 is 23.0 Å². The molecule has 1 atom stereocenters. The zero-order valence-electron chi connectivity index (χ0n) is 4.49. The van der Waals surface area contributed by atoms with Crippen molar-refractivity contribution in [2.45, 2.75) is 17.9 Å². The Hall–Kier alpha value is 1.42. The van der Waals surface area contributed by atoms with Gasteiger partial charge in [-0.2, -0.15) is 0 Å². The van der Waals surface area contributed by atoms with Crippen LogP contribution in [0.4, 0.5) is 0 Å². The molecule has 0 aromatic heterocycles. The van der Waals surface area contributed by atoms with E-state index in [-0.39, 0.29) is 17.2 Å². The second kappa shape index (κ2) is 4.31. The molecule has 0 amide bonds. The van der Waals surface area contributed by atoms with Crippen molar-refractivity contribution in [1.82, 2.24) is 0 Å². The van der Waals surface area contributed by atoms with Crippen molar-refractivity contribution in [2.75, 3.05) is 0 Å². The Morgan fingerprint density at radius 1 is 1.57 bits per heavy atom. The number of nitrogens with two attached hydrogens (primary N) is 1. The molecular weight excluding hydrogens is 316 g/mol. The Bertz CT molecular complexity index is 47.0. The first-order valence-corrected chi connectivity index (χ1v) is 9.71. The van der Waals surface area contributed by atoms with Crippen LogP contribution in [0.15, 0.2) is 0 Å². The first-order valence-electron chi connectivity index (χ1n) is 2.18. The predicted molar refractivity (Wildman–Crippen MR) is 36.8 cm³/mol. The van der Waals surface area contributed by atoms with Gasteiger partial charge in [0.05, 0.1) is 0 Å². The van der Waals surface area contributed by atoms with E-state index in [1.807, 2.05) is 0 Å². The Kier molecular flexibility index (Phi) is 5.19. The van der Waals surface area contributed by atoms with Gasteiger partial charge in [0, 0.05) is 0 Å². The van der Waals surface area contributed by atoms with E-state index in [0.717, 1.165) is 0 Å². The van der Waals surface area contributed by atoms with Crippen molar-refractivity contribution in [2.24, 2.45) is 11.7 Å². The number of rotatable bonds is 2. The summed E-state index contributed by atoms with van der Waals surface area (Å²) in [6.45, 7) is 4.34. The molecule has 1 nitrogen and oxygen atoms in total. The molecule has 0 aromatic rings. The van der Waals surface area contributed by atoms with E-state index in [4.69, 9.17) is 5.73 Å². The molecule has 3 heteroatoms. The van der Waals surface area contributed by atoms with Gasteiger partial charge in [0.25, 0.3) is 0 Å². The van der Waals surface area contributed by atoms with E-state index >= 15 is 0 Å². The minimum absolute atomic E-state index is 0.252. The summed E-state index contributed by atoms with van der Waals surface area (Å²) in [6.07, 6.45) is 0. The van der Waals surface area contributed by atoms with Gasteiger partial charge < -0.3 is 0 Å². The molecule has 0 radical (unpaired) electrons. The Labute approximate surface area is 64.9 Å². The van der Waals surface area contributed by atoms with Gasteiger partial charge in [-0.3, -0.25) is 0 Å². The summed E-state index contributed by atoms with van der Waals surface area (Å²) in [5, 5.41) is 0. The van der Waals surface area contributed by atoms with E-state index in [2.05, 4.69) is 32.5 Å². The molecule has 0 heterocycles. The van der Waals surface area contributed by atoms with Crippen LogP contribution in [0.3, 0.4) is 0 Å². The number of hydrogen-bond donors (Lipinski definition) is 1. The molecular formula is C4H10I2N-. The van der Waals surface area contributed by atoms with Crippen LogP contribution in [0.1, 0.15) is 13.8 Å². The second-order valence-corrected chi connectivity index (χ2v) is 6.84. The molecule has 0 aliphatic rings. The van der Waals surface area contributed by atoms with Crippen LogP contribution in [0.5, 0.6) is 0 Å². The molecule has 0 saturated carbocycles. The van der Waals surface area contributed by atoms with Crippen LogP contribution in [-0.2, 0) is 0 Å². The van der Waals surface area contributed by atoms with Crippen LogP contribution in [0.2, 0.25) is 0 Å². The fourth-order valence-electron chi connectivity index (χ4n) is 0.0952. The van der Waals surface area contributed by atoms with Gasteiger partial charge in [0.2, 0.25) is 0 Å². The number of halogens is 2. The van der Waals surface area contributed by atoms with Crippen molar-refractivity contribution in [1.29, 1.82) is 0 Å². The average Bonchev–Trinajstić information content (AvgIpc) is 1.65. The molecule has 46 valence electrons. The van der Waals surface area contributed by atoms with Crippen molar-refractivity contribution in [3.63, 3.8) is 0 Å². The molecule has 0 aliphatic heterocycles. The van der Waals surface area contributed by atoms with Crippen LogP contribution in [0, 0.1) is 5.92 Å². The van der Waals surface area contributed by atoms with Crippen LogP contribution >= 0.6 is 18.6 Å². The molecule has 7 heavy (non-hydrogen) atoms. The van der Waals surface area contributed by atoms with E-state index < -0.39 is 0 Å². The van der Waals surface area contributed by atoms with Crippen molar-refractivity contribution < 1.29 is 17.2 Å². The molecule has 0 aliphatic carbocycles. The Morgan fingerprint density at radius 2 is 2.00 bits per heavy atom. The third-order valence-corrected chi connectivity index (χ3v) is 6.36. The monoisotopic (exact) mass is 326 g/mol. The standard InChI is InChI=1S/C4H10I2N/c1-3(2)4(7)6-5/h3-4H,7H2,1-2H3/q-1. The van der Waals surface area contributed by atoms with Gasteiger partial charge in [-0.05, 0) is 0 Å². The average molecular weight is 326 g/mol. The minimum atomic E-state index is 0.252. The van der Waals surface area contributed by atoms with Gasteiger partial charge in [0.1, 0.15) is 0 Å². The summed E-state index contributed by atoms with van der Waals surface area (Å²) in [5.74, 6) is 0.685. The summed E-state index contributed by atoms with van der Waals surface area (Å²) in [4.78, 5) is 0. The SMILES string of the molecule is CC(C)C(N)[I-]I. The first-order chi connectivity index (χ1) is 3.18. The van der Waals surface area contributed by atoms with Crippen LogP contribution in [0.25, 0.3) is 0 Å². The summed E-state index contributed by atoms with van der Waals surface area (Å²) in [5.41, 5.74) is 5.66. The quantitative estimate of drug-likeness (QED) is 0.368. The van der Waals surface area contributed by atoms with E-state index in [1.165, 1.54) is 0 Å². The van der Waals surface area contributed by atoms with Gasteiger partial charge in [0.15, 0.2) is 0 Å². The summed E-state index contributed by atoms with van der Waals surface area (Å²) >= 11 is 2.67. The Morgan fingerprint density at radius 3 is 2.00 bits per heavy atom. The van der Waals surface area contributed by atoms with Crippen molar-refractivity contribution in [3.8, 4) is 0 Å². The summed E-state index contributed by atoms with van der Waals surface area (Å²) in [7, 11) is 0. The fourth-order valence-corrected chi connectivity index (χ4v) is 4.29. The van der Waals surface area contributed by atoms with E-state index in [1.54, 1.807) is 0 Å². The van der Waals surface area contributed by atoms with E-state index in [0.29, 0.717) is 9.97 Å².